The van der Waals surface area contributed by atoms with Crippen molar-refractivity contribution in [1.82, 2.24) is 0 Å². The van der Waals surface area contributed by atoms with Crippen LogP contribution in [0.1, 0.15) is 33.1 Å². The molecule has 1 aliphatic heterocycles. The molecule has 1 fully saturated rings. The molecule has 0 spiro atoms. The number of ether oxygens (including phenoxy) is 1. The van der Waals surface area contributed by atoms with Crippen LogP contribution < -0.4 is 0 Å². The topological polar surface area (TPSA) is 50.1 Å². The van der Waals surface area contributed by atoms with Crippen LogP contribution in [0.25, 0.3) is 0 Å². The molecular weight excluding hydrogens is 190 g/mol. The zero-order valence-corrected chi connectivity index (χ0v) is 9.53. The second-order valence-corrected chi connectivity index (χ2v) is 4.60. The quantitative estimate of drug-likeness (QED) is 0.713. The molecule has 0 N–H and O–H groups in total. The molecule has 1 heterocycles. The molecule has 3 heteroatoms. The van der Waals surface area contributed by atoms with Crippen molar-refractivity contribution in [3.8, 4) is 6.07 Å². The van der Waals surface area contributed by atoms with Gasteiger partial charge < -0.3 is 4.74 Å². The van der Waals surface area contributed by atoms with Crippen LogP contribution in [-0.4, -0.2) is 19.0 Å². The molecule has 0 aromatic carbocycles. The standard InChI is InChI=1S/C12H19NO2/c1-9(2)7-11(8-13)12(14)10-3-5-15-6-4-10/h9-11H,3-7H2,1-2H3. The van der Waals surface area contributed by atoms with Gasteiger partial charge in [-0.1, -0.05) is 13.8 Å². The van der Waals surface area contributed by atoms with E-state index in [0.717, 1.165) is 12.8 Å². The van der Waals surface area contributed by atoms with Crippen molar-refractivity contribution in [2.45, 2.75) is 33.1 Å². The van der Waals surface area contributed by atoms with Gasteiger partial charge in [-0.3, -0.25) is 4.79 Å². The molecule has 0 amide bonds. The second-order valence-electron chi connectivity index (χ2n) is 4.60. The maximum Gasteiger partial charge on any atom is 0.153 e. The third-order valence-corrected chi connectivity index (χ3v) is 2.83. The first kappa shape index (κ1) is 12.2. The fourth-order valence-electron chi connectivity index (χ4n) is 1.97. The van der Waals surface area contributed by atoms with Crippen LogP contribution in [0.4, 0.5) is 0 Å². The van der Waals surface area contributed by atoms with Crippen molar-refractivity contribution >= 4 is 5.78 Å². The number of nitrogens with zero attached hydrogens (tertiary/aromatic N) is 1. The minimum absolute atomic E-state index is 0.0575. The normalized spacial score (nSPS) is 19.9. The Morgan fingerprint density at radius 1 is 1.47 bits per heavy atom. The lowest BCUT2D eigenvalue weighted by Crippen LogP contribution is -2.29. The summed E-state index contributed by atoms with van der Waals surface area (Å²) >= 11 is 0. The molecule has 0 radical (unpaired) electrons. The van der Waals surface area contributed by atoms with Gasteiger partial charge in [-0.25, -0.2) is 0 Å². The molecule has 1 unspecified atom stereocenters. The minimum Gasteiger partial charge on any atom is -0.381 e. The summed E-state index contributed by atoms with van der Waals surface area (Å²) in [6.45, 7) is 5.41. The van der Waals surface area contributed by atoms with Gasteiger partial charge in [-0.15, -0.1) is 0 Å². The maximum absolute atomic E-state index is 12.0. The van der Waals surface area contributed by atoms with Gasteiger partial charge in [0, 0.05) is 19.1 Å². The molecule has 0 aliphatic carbocycles. The van der Waals surface area contributed by atoms with Crippen LogP contribution in [0.2, 0.25) is 0 Å². The molecule has 1 saturated heterocycles. The first-order valence-corrected chi connectivity index (χ1v) is 5.66. The Bertz CT molecular complexity index is 249. The molecule has 0 saturated carbocycles. The highest BCUT2D eigenvalue weighted by Crippen LogP contribution is 2.23. The summed E-state index contributed by atoms with van der Waals surface area (Å²) in [5.74, 6) is 0.184. The molecule has 1 rings (SSSR count). The SMILES string of the molecule is CC(C)CC(C#N)C(=O)C1CCOCC1. The highest BCUT2D eigenvalue weighted by atomic mass is 16.5. The lowest BCUT2D eigenvalue weighted by Gasteiger charge is -2.23. The predicted octanol–water partition coefficient (Wildman–Crippen LogP) is 2.17. The molecule has 15 heavy (non-hydrogen) atoms. The van der Waals surface area contributed by atoms with Gasteiger partial charge in [-0.2, -0.15) is 5.26 Å². The van der Waals surface area contributed by atoms with E-state index in [0.29, 0.717) is 25.6 Å². The fraction of sp³-hybridized carbons (Fsp3) is 0.833. The van der Waals surface area contributed by atoms with E-state index in [4.69, 9.17) is 10.00 Å². The number of hydrogen-bond acceptors (Lipinski definition) is 3. The van der Waals surface area contributed by atoms with E-state index >= 15 is 0 Å². The Morgan fingerprint density at radius 3 is 2.53 bits per heavy atom. The number of carbonyl (C=O) groups excluding carboxylic acids is 1. The van der Waals surface area contributed by atoms with Crippen molar-refractivity contribution in [2.24, 2.45) is 17.8 Å². The summed E-state index contributed by atoms with van der Waals surface area (Å²) < 4.78 is 5.21. The van der Waals surface area contributed by atoms with E-state index in [1.165, 1.54) is 0 Å². The molecule has 0 bridgehead atoms. The van der Waals surface area contributed by atoms with Crippen LogP contribution >= 0.6 is 0 Å². The summed E-state index contributed by atoms with van der Waals surface area (Å²) in [5, 5.41) is 8.97. The zero-order valence-electron chi connectivity index (χ0n) is 9.53. The van der Waals surface area contributed by atoms with E-state index in [2.05, 4.69) is 6.07 Å². The molecular formula is C12H19NO2. The third-order valence-electron chi connectivity index (χ3n) is 2.83. The number of nitriles is 1. The Morgan fingerprint density at radius 2 is 2.07 bits per heavy atom. The number of ketones is 1. The summed E-state index contributed by atoms with van der Waals surface area (Å²) in [4.78, 5) is 12.0. The van der Waals surface area contributed by atoms with Gasteiger partial charge in [-0.05, 0) is 25.2 Å². The van der Waals surface area contributed by atoms with Crippen molar-refractivity contribution < 1.29 is 9.53 Å². The highest BCUT2D eigenvalue weighted by molar-refractivity contribution is 5.85. The fourth-order valence-corrected chi connectivity index (χ4v) is 1.97. The molecule has 0 aromatic rings. The molecule has 0 aromatic heterocycles. The van der Waals surface area contributed by atoms with Gasteiger partial charge >= 0.3 is 0 Å². The van der Waals surface area contributed by atoms with Crippen LogP contribution in [0, 0.1) is 29.1 Å². The summed E-state index contributed by atoms with van der Waals surface area (Å²) in [5.41, 5.74) is 0. The smallest absolute Gasteiger partial charge is 0.153 e. The Labute approximate surface area is 91.4 Å². The van der Waals surface area contributed by atoms with Crippen LogP contribution in [-0.2, 0) is 9.53 Å². The maximum atomic E-state index is 12.0. The van der Waals surface area contributed by atoms with E-state index in [1.54, 1.807) is 0 Å². The monoisotopic (exact) mass is 209 g/mol. The molecule has 1 atom stereocenters. The van der Waals surface area contributed by atoms with Crippen molar-refractivity contribution in [1.29, 1.82) is 5.26 Å². The average Bonchev–Trinajstić information content (AvgIpc) is 2.26. The van der Waals surface area contributed by atoms with E-state index in [1.807, 2.05) is 13.8 Å². The Kier molecular flexibility index (Phi) is 4.77. The zero-order chi connectivity index (χ0) is 11.3. The molecule has 84 valence electrons. The van der Waals surface area contributed by atoms with Crippen LogP contribution in [0.15, 0.2) is 0 Å². The highest BCUT2D eigenvalue weighted by Gasteiger charge is 2.28. The number of Topliss-reactive ketones (excluding diaryl/α,β-unsaturated/α-hetero) is 1. The van der Waals surface area contributed by atoms with Gasteiger partial charge in [0.25, 0.3) is 0 Å². The number of rotatable bonds is 4. The molecule has 1 aliphatic rings. The van der Waals surface area contributed by atoms with Crippen molar-refractivity contribution in [3.63, 3.8) is 0 Å². The van der Waals surface area contributed by atoms with Gasteiger partial charge in [0.2, 0.25) is 0 Å². The molecule has 3 nitrogen and oxygen atoms in total. The van der Waals surface area contributed by atoms with E-state index in [9.17, 15) is 4.79 Å². The second kappa shape index (κ2) is 5.87. The van der Waals surface area contributed by atoms with Gasteiger partial charge in [0.15, 0.2) is 5.78 Å². The lowest BCUT2D eigenvalue weighted by molar-refractivity contribution is -0.128. The first-order valence-electron chi connectivity index (χ1n) is 5.66. The van der Waals surface area contributed by atoms with Gasteiger partial charge in [0.05, 0.1) is 6.07 Å². The Hall–Kier alpha value is -0.880. The largest absolute Gasteiger partial charge is 0.381 e. The summed E-state index contributed by atoms with van der Waals surface area (Å²) in [7, 11) is 0. The lowest BCUT2D eigenvalue weighted by atomic mass is 9.84. The van der Waals surface area contributed by atoms with E-state index in [-0.39, 0.29) is 11.7 Å². The Balaban J connectivity index is 2.52. The van der Waals surface area contributed by atoms with Crippen molar-refractivity contribution in [3.05, 3.63) is 0 Å². The van der Waals surface area contributed by atoms with Crippen molar-refractivity contribution in [2.75, 3.05) is 13.2 Å². The minimum atomic E-state index is -0.409. The third kappa shape index (κ3) is 3.64. The summed E-state index contributed by atoms with van der Waals surface area (Å²) in [6.07, 6.45) is 2.26. The summed E-state index contributed by atoms with van der Waals surface area (Å²) in [6, 6.07) is 2.14. The first-order chi connectivity index (χ1) is 7.15. The number of hydrogen-bond donors (Lipinski definition) is 0. The average molecular weight is 209 g/mol. The predicted molar refractivity (Wildman–Crippen MR) is 57.1 cm³/mol. The number of carbonyl (C=O) groups is 1. The van der Waals surface area contributed by atoms with Crippen LogP contribution in [0.3, 0.4) is 0 Å². The van der Waals surface area contributed by atoms with Crippen LogP contribution in [0.5, 0.6) is 0 Å². The van der Waals surface area contributed by atoms with Gasteiger partial charge in [0.1, 0.15) is 5.92 Å². The van der Waals surface area contributed by atoms with E-state index < -0.39 is 5.92 Å².